The largest absolute Gasteiger partial charge is 0.356 e. The highest BCUT2D eigenvalue weighted by Crippen LogP contribution is 2.33. The van der Waals surface area contributed by atoms with E-state index in [9.17, 15) is 0 Å². The van der Waals surface area contributed by atoms with Crippen LogP contribution in [0.3, 0.4) is 0 Å². The summed E-state index contributed by atoms with van der Waals surface area (Å²) in [5.74, 6) is 2.03. The number of benzene rings is 1. The Morgan fingerprint density at radius 1 is 1.29 bits per heavy atom. The van der Waals surface area contributed by atoms with Crippen LogP contribution >= 0.6 is 0 Å². The first-order chi connectivity index (χ1) is 10.3. The first kappa shape index (κ1) is 14.3. The Kier molecular flexibility index (Phi) is 4.39. The van der Waals surface area contributed by atoms with Crippen molar-refractivity contribution in [2.75, 3.05) is 24.5 Å². The maximum Gasteiger partial charge on any atom is 0.132 e. The number of rotatable bonds is 7. The highest BCUT2D eigenvalue weighted by molar-refractivity contribution is 5.81. The Bertz CT molecular complexity index is 604. The normalized spacial score (nSPS) is 14.6. The van der Waals surface area contributed by atoms with Gasteiger partial charge in [-0.3, -0.25) is 0 Å². The lowest BCUT2D eigenvalue weighted by atomic mass is 10.1. The molecular formula is C18H25N3. The molecule has 3 nitrogen and oxygen atoms in total. The SMILES string of the molecule is CCCN(CC1CC1)c1nc2ccccc2cc1CCN. The summed E-state index contributed by atoms with van der Waals surface area (Å²) in [6.45, 7) is 5.15. The van der Waals surface area contributed by atoms with Gasteiger partial charge in [0.1, 0.15) is 5.82 Å². The lowest BCUT2D eigenvalue weighted by Gasteiger charge is -2.26. The highest BCUT2D eigenvalue weighted by Gasteiger charge is 2.25. The van der Waals surface area contributed by atoms with Gasteiger partial charge in [0.05, 0.1) is 5.52 Å². The maximum atomic E-state index is 5.81. The smallest absolute Gasteiger partial charge is 0.132 e. The van der Waals surface area contributed by atoms with Crippen LogP contribution in [0.5, 0.6) is 0 Å². The number of fused-ring (bicyclic) bond motifs is 1. The molecule has 0 saturated heterocycles. The van der Waals surface area contributed by atoms with Crippen molar-refractivity contribution in [3.8, 4) is 0 Å². The Morgan fingerprint density at radius 2 is 2.10 bits per heavy atom. The molecule has 1 aromatic carbocycles. The first-order valence-electron chi connectivity index (χ1n) is 8.15. The van der Waals surface area contributed by atoms with Crippen LogP contribution in [0.15, 0.2) is 30.3 Å². The fourth-order valence-corrected chi connectivity index (χ4v) is 2.93. The van der Waals surface area contributed by atoms with E-state index in [0.717, 1.165) is 43.2 Å². The molecule has 0 bridgehead atoms. The second-order valence-electron chi connectivity index (χ2n) is 6.09. The van der Waals surface area contributed by atoms with Crippen molar-refractivity contribution in [3.05, 3.63) is 35.9 Å². The fraction of sp³-hybridized carbons (Fsp3) is 0.500. The summed E-state index contributed by atoms with van der Waals surface area (Å²) in [6, 6.07) is 10.7. The van der Waals surface area contributed by atoms with Gasteiger partial charge in [0.2, 0.25) is 0 Å². The lowest BCUT2D eigenvalue weighted by molar-refractivity contribution is 0.695. The molecule has 1 fully saturated rings. The summed E-state index contributed by atoms with van der Waals surface area (Å²) in [5.41, 5.74) is 8.20. The number of aromatic nitrogens is 1. The van der Waals surface area contributed by atoms with Crippen molar-refractivity contribution >= 4 is 16.7 Å². The van der Waals surface area contributed by atoms with Gasteiger partial charge in [-0.2, -0.15) is 0 Å². The number of para-hydroxylation sites is 1. The summed E-state index contributed by atoms with van der Waals surface area (Å²) in [7, 11) is 0. The topological polar surface area (TPSA) is 42.2 Å². The fourth-order valence-electron chi connectivity index (χ4n) is 2.93. The van der Waals surface area contributed by atoms with E-state index in [0.29, 0.717) is 6.54 Å². The molecule has 1 saturated carbocycles. The van der Waals surface area contributed by atoms with E-state index in [1.165, 1.54) is 23.8 Å². The van der Waals surface area contributed by atoms with Gasteiger partial charge in [-0.1, -0.05) is 25.1 Å². The molecule has 3 rings (SSSR count). The van der Waals surface area contributed by atoms with Gasteiger partial charge in [0.25, 0.3) is 0 Å². The third kappa shape index (κ3) is 3.35. The Labute approximate surface area is 127 Å². The Hall–Kier alpha value is -1.61. The van der Waals surface area contributed by atoms with Crippen molar-refractivity contribution < 1.29 is 0 Å². The molecule has 1 aromatic heterocycles. The number of hydrogen-bond donors (Lipinski definition) is 1. The summed E-state index contributed by atoms with van der Waals surface area (Å²) in [6.07, 6.45) is 4.81. The molecule has 1 aliphatic rings. The standard InChI is InChI=1S/C18H25N3/c1-2-11-21(13-14-7-8-14)18-16(9-10-19)12-15-5-3-4-6-17(15)20-18/h3-6,12,14H,2,7-11,13,19H2,1H3. The minimum absolute atomic E-state index is 0.677. The molecule has 1 aliphatic carbocycles. The van der Waals surface area contributed by atoms with E-state index >= 15 is 0 Å². The number of nitrogens with zero attached hydrogens (tertiary/aromatic N) is 2. The number of pyridine rings is 1. The zero-order valence-electron chi connectivity index (χ0n) is 12.9. The van der Waals surface area contributed by atoms with Gasteiger partial charge in [-0.05, 0) is 55.8 Å². The van der Waals surface area contributed by atoms with E-state index in [4.69, 9.17) is 10.7 Å². The molecule has 2 aromatic rings. The number of anilines is 1. The zero-order valence-corrected chi connectivity index (χ0v) is 12.9. The Morgan fingerprint density at radius 3 is 2.81 bits per heavy atom. The second-order valence-corrected chi connectivity index (χ2v) is 6.09. The minimum Gasteiger partial charge on any atom is -0.356 e. The quantitative estimate of drug-likeness (QED) is 0.847. The predicted molar refractivity (Wildman–Crippen MR) is 89.7 cm³/mol. The van der Waals surface area contributed by atoms with Crippen molar-refractivity contribution in [1.82, 2.24) is 4.98 Å². The van der Waals surface area contributed by atoms with Gasteiger partial charge in [0.15, 0.2) is 0 Å². The molecule has 3 heteroatoms. The maximum absolute atomic E-state index is 5.81. The van der Waals surface area contributed by atoms with Gasteiger partial charge < -0.3 is 10.6 Å². The van der Waals surface area contributed by atoms with Crippen LogP contribution in [-0.4, -0.2) is 24.6 Å². The van der Waals surface area contributed by atoms with Gasteiger partial charge in [-0.15, -0.1) is 0 Å². The third-order valence-electron chi connectivity index (χ3n) is 4.16. The van der Waals surface area contributed by atoms with Crippen molar-refractivity contribution in [1.29, 1.82) is 0 Å². The summed E-state index contributed by atoms with van der Waals surface area (Å²) in [4.78, 5) is 7.45. The van der Waals surface area contributed by atoms with Gasteiger partial charge >= 0.3 is 0 Å². The average molecular weight is 283 g/mol. The van der Waals surface area contributed by atoms with Crippen molar-refractivity contribution in [2.45, 2.75) is 32.6 Å². The van der Waals surface area contributed by atoms with E-state index in [2.05, 4.69) is 42.2 Å². The van der Waals surface area contributed by atoms with Crippen LogP contribution in [0.25, 0.3) is 10.9 Å². The molecular weight excluding hydrogens is 258 g/mol. The van der Waals surface area contributed by atoms with E-state index in [1.54, 1.807) is 0 Å². The summed E-state index contributed by atoms with van der Waals surface area (Å²) >= 11 is 0. The summed E-state index contributed by atoms with van der Waals surface area (Å²) < 4.78 is 0. The van der Waals surface area contributed by atoms with E-state index in [1.807, 2.05) is 0 Å². The number of hydrogen-bond acceptors (Lipinski definition) is 3. The molecule has 0 unspecified atom stereocenters. The molecule has 1 heterocycles. The van der Waals surface area contributed by atoms with Crippen LogP contribution in [-0.2, 0) is 6.42 Å². The molecule has 0 radical (unpaired) electrons. The molecule has 0 atom stereocenters. The van der Waals surface area contributed by atoms with Crippen LogP contribution < -0.4 is 10.6 Å². The zero-order chi connectivity index (χ0) is 14.7. The Balaban J connectivity index is 2.00. The lowest BCUT2D eigenvalue weighted by Crippen LogP contribution is -2.29. The minimum atomic E-state index is 0.677. The molecule has 21 heavy (non-hydrogen) atoms. The van der Waals surface area contributed by atoms with Crippen LogP contribution in [0.1, 0.15) is 31.7 Å². The number of nitrogens with two attached hydrogens (primary N) is 1. The molecule has 2 N–H and O–H groups in total. The first-order valence-corrected chi connectivity index (χ1v) is 8.15. The second kappa shape index (κ2) is 6.44. The van der Waals surface area contributed by atoms with Gasteiger partial charge in [-0.25, -0.2) is 4.98 Å². The van der Waals surface area contributed by atoms with Crippen molar-refractivity contribution in [3.63, 3.8) is 0 Å². The van der Waals surface area contributed by atoms with E-state index < -0.39 is 0 Å². The predicted octanol–water partition coefficient (Wildman–Crippen LogP) is 3.36. The molecule has 112 valence electrons. The average Bonchev–Trinajstić information content (AvgIpc) is 3.30. The van der Waals surface area contributed by atoms with Crippen LogP contribution in [0.2, 0.25) is 0 Å². The van der Waals surface area contributed by atoms with Gasteiger partial charge in [0, 0.05) is 18.5 Å². The molecule has 0 amide bonds. The van der Waals surface area contributed by atoms with Crippen molar-refractivity contribution in [2.24, 2.45) is 11.7 Å². The molecule has 0 aliphatic heterocycles. The van der Waals surface area contributed by atoms with Crippen LogP contribution in [0.4, 0.5) is 5.82 Å². The summed E-state index contributed by atoms with van der Waals surface area (Å²) in [5, 5.41) is 1.22. The monoisotopic (exact) mass is 283 g/mol. The van der Waals surface area contributed by atoms with Crippen LogP contribution in [0, 0.1) is 5.92 Å². The van der Waals surface area contributed by atoms with E-state index in [-0.39, 0.29) is 0 Å². The highest BCUT2D eigenvalue weighted by atomic mass is 15.2. The molecule has 0 spiro atoms. The third-order valence-corrected chi connectivity index (χ3v) is 4.16.